The Labute approximate surface area is 89.8 Å². The number of alkyl halides is 2. The smallest absolute Gasteiger partial charge is 0.251 e. The molecular weight excluding hydrogens is 202 g/mol. The molecule has 3 nitrogen and oxygen atoms in total. The van der Waals surface area contributed by atoms with Crippen LogP contribution in [0.1, 0.15) is 13.3 Å². The van der Waals surface area contributed by atoms with E-state index in [1.165, 1.54) is 0 Å². The molecule has 0 aliphatic carbocycles. The number of nitrogens with zero attached hydrogens (tertiary/aromatic N) is 1. The fourth-order valence-electron chi connectivity index (χ4n) is 1.74. The van der Waals surface area contributed by atoms with E-state index in [9.17, 15) is 8.78 Å². The number of hydrogen-bond donors (Lipinski definition) is 1. The molecule has 0 spiro atoms. The lowest BCUT2D eigenvalue weighted by Crippen LogP contribution is -2.51. The van der Waals surface area contributed by atoms with Crippen molar-refractivity contribution in [1.29, 1.82) is 0 Å². The predicted octanol–water partition coefficient (Wildman–Crippen LogP) is 0.952. The zero-order valence-corrected chi connectivity index (χ0v) is 9.22. The predicted molar refractivity (Wildman–Crippen MR) is 55.3 cm³/mol. The van der Waals surface area contributed by atoms with Gasteiger partial charge in [-0.25, -0.2) is 8.78 Å². The Bertz CT molecular complexity index is 170. The van der Waals surface area contributed by atoms with Crippen molar-refractivity contribution in [2.24, 2.45) is 0 Å². The third-order valence-electron chi connectivity index (χ3n) is 2.53. The average molecular weight is 222 g/mol. The zero-order valence-electron chi connectivity index (χ0n) is 9.22. The van der Waals surface area contributed by atoms with Gasteiger partial charge < -0.3 is 10.1 Å². The Morgan fingerprint density at radius 1 is 1.53 bits per heavy atom. The summed E-state index contributed by atoms with van der Waals surface area (Å²) in [4.78, 5) is 1.82. The highest BCUT2D eigenvalue weighted by Gasteiger charge is 2.24. The maximum atomic E-state index is 12.3. The summed E-state index contributed by atoms with van der Waals surface area (Å²) in [7, 11) is 0. The Morgan fingerprint density at radius 2 is 2.33 bits per heavy atom. The molecule has 90 valence electrons. The summed E-state index contributed by atoms with van der Waals surface area (Å²) in [6.07, 6.45) is -1.20. The minimum absolute atomic E-state index is 0.0966. The summed E-state index contributed by atoms with van der Waals surface area (Å²) in [5, 5.41) is 3.24. The third kappa shape index (κ3) is 4.86. The van der Waals surface area contributed by atoms with Gasteiger partial charge in [-0.05, 0) is 13.0 Å². The molecular formula is C10H20F2N2O. The number of halogens is 2. The molecule has 1 fully saturated rings. The van der Waals surface area contributed by atoms with Gasteiger partial charge in [0, 0.05) is 19.1 Å². The molecule has 0 radical (unpaired) electrons. The van der Waals surface area contributed by atoms with Crippen LogP contribution >= 0.6 is 0 Å². The fraction of sp³-hybridized carbons (Fsp3) is 1.00. The molecule has 5 heteroatoms. The van der Waals surface area contributed by atoms with Gasteiger partial charge in [0.1, 0.15) is 0 Å². The molecule has 1 rings (SSSR count). The second-order valence-corrected chi connectivity index (χ2v) is 3.82. The minimum atomic E-state index is -2.25. The summed E-state index contributed by atoms with van der Waals surface area (Å²) in [5.74, 6) is 0. The summed E-state index contributed by atoms with van der Waals surface area (Å²) < 4.78 is 29.9. The summed E-state index contributed by atoms with van der Waals surface area (Å²) in [6, 6.07) is 0.0966. The van der Waals surface area contributed by atoms with E-state index in [1.54, 1.807) is 0 Å². The Kier molecular flexibility index (Phi) is 6.05. The van der Waals surface area contributed by atoms with Gasteiger partial charge in [0.05, 0.1) is 19.8 Å². The monoisotopic (exact) mass is 222 g/mol. The van der Waals surface area contributed by atoms with E-state index in [0.29, 0.717) is 19.8 Å². The van der Waals surface area contributed by atoms with Crippen LogP contribution in [0.2, 0.25) is 0 Å². The van der Waals surface area contributed by atoms with E-state index in [4.69, 9.17) is 4.74 Å². The highest BCUT2D eigenvalue weighted by atomic mass is 19.3. The molecule has 0 aromatic heterocycles. The van der Waals surface area contributed by atoms with Crippen molar-refractivity contribution in [2.75, 3.05) is 39.4 Å². The molecule has 0 amide bonds. The molecule has 1 atom stereocenters. The maximum Gasteiger partial charge on any atom is 0.251 e. The Hall–Kier alpha value is -0.260. The van der Waals surface area contributed by atoms with Gasteiger partial charge >= 0.3 is 0 Å². The molecule has 1 N–H and O–H groups in total. The van der Waals surface area contributed by atoms with E-state index in [0.717, 1.165) is 19.5 Å². The lowest BCUT2D eigenvalue weighted by Gasteiger charge is -2.35. The number of hydrogen-bond acceptors (Lipinski definition) is 3. The first-order chi connectivity index (χ1) is 7.24. The zero-order chi connectivity index (χ0) is 11.1. The topological polar surface area (TPSA) is 24.5 Å². The van der Waals surface area contributed by atoms with Crippen molar-refractivity contribution in [3.8, 4) is 0 Å². The van der Waals surface area contributed by atoms with E-state index < -0.39 is 6.43 Å². The summed E-state index contributed by atoms with van der Waals surface area (Å²) in [5.41, 5.74) is 0. The van der Waals surface area contributed by atoms with Crippen molar-refractivity contribution >= 4 is 0 Å². The second kappa shape index (κ2) is 7.09. The molecule has 0 aromatic carbocycles. The van der Waals surface area contributed by atoms with Crippen molar-refractivity contribution in [2.45, 2.75) is 25.8 Å². The lowest BCUT2D eigenvalue weighted by atomic mass is 10.2. The summed E-state index contributed by atoms with van der Waals surface area (Å²) in [6.45, 7) is 5.35. The summed E-state index contributed by atoms with van der Waals surface area (Å²) >= 11 is 0. The molecule has 0 aromatic rings. The molecule has 15 heavy (non-hydrogen) atoms. The van der Waals surface area contributed by atoms with Crippen LogP contribution in [0.4, 0.5) is 8.78 Å². The molecule has 1 aliphatic rings. The number of nitrogens with one attached hydrogen (secondary N) is 1. The van der Waals surface area contributed by atoms with E-state index in [1.807, 2.05) is 4.90 Å². The van der Waals surface area contributed by atoms with Gasteiger partial charge in [0.15, 0.2) is 0 Å². The molecule has 1 aliphatic heterocycles. The Morgan fingerprint density at radius 3 is 3.00 bits per heavy atom. The standard InChI is InChI=1S/C10H20F2N2O/c1-2-3-13-6-9-8-15-5-4-14(9)7-10(11)12/h9-10,13H,2-8H2,1H3. The molecule has 1 saturated heterocycles. The van der Waals surface area contributed by atoms with Crippen LogP contribution in [-0.2, 0) is 4.74 Å². The van der Waals surface area contributed by atoms with Crippen molar-refractivity contribution in [3.05, 3.63) is 0 Å². The number of rotatable bonds is 6. The van der Waals surface area contributed by atoms with Gasteiger partial charge in [-0.1, -0.05) is 6.92 Å². The Balaban J connectivity index is 2.29. The van der Waals surface area contributed by atoms with E-state index in [2.05, 4.69) is 12.2 Å². The van der Waals surface area contributed by atoms with Crippen LogP contribution in [-0.4, -0.2) is 56.8 Å². The van der Waals surface area contributed by atoms with Crippen molar-refractivity contribution < 1.29 is 13.5 Å². The quantitative estimate of drug-likeness (QED) is 0.677. The van der Waals surface area contributed by atoms with E-state index in [-0.39, 0.29) is 12.6 Å². The molecule has 1 unspecified atom stereocenters. The van der Waals surface area contributed by atoms with Crippen molar-refractivity contribution in [1.82, 2.24) is 10.2 Å². The van der Waals surface area contributed by atoms with Crippen LogP contribution in [0.3, 0.4) is 0 Å². The largest absolute Gasteiger partial charge is 0.378 e. The van der Waals surface area contributed by atoms with E-state index >= 15 is 0 Å². The maximum absolute atomic E-state index is 12.3. The van der Waals surface area contributed by atoms with Gasteiger partial charge in [0.25, 0.3) is 6.43 Å². The molecule has 0 saturated carbocycles. The third-order valence-corrected chi connectivity index (χ3v) is 2.53. The number of ether oxygens (including phenoxy) is 1. The molecule has 0 bridgehead atoms. The van der Waals surface area contributed by atoms with Crippen LogP contribution in [0.15, 0.2) is 0 Å². The van der Waals surface area contributed by atoms with Gasteiger partial charge in [-0.2, -0.15) is 0 Å². The van der Waals surface area contributed by atoms with Gasteiger partial charge in [0.2, 0.25) is 0 Å². The average Bonchev–Trinajstić information content (AvgIpc) is 2.20. The normalized spacial score (nSPS) is 23.6. The van der Waals surface area contributed by atoms with Crippen LogP contribution < -0.4 is 5.32 Å². The van der Waals surface area contributed by atoms with Crippen LogP contribution in [0.5, 0.6) is 0 Å². The van der Waals surface area contributed by atoms with Gasteiger partial charge in [-0.3, -0.25) is 4.90 Å². The number of morpholine rings is 1. The van der Waals surface area contributed by atoms with Crippen LogP contribution in [0.25, 0.3) is 0 Å². The van der Waals surface area contributed by atoms with Crippen LogP contribution in [0, 0.1) is 0 Å². The highest BCUT2D eigenvalue weighted by molar-refractivity contribution is 4.77. The SMILES string of the molecule is CCCNCC1COCCN1CC(F)F. The highest BCUT2D eigenvalue weighted by Crippen LogP contribution is 2.08. The first-order valence-electron chi connectivity index (χ1n) is 5.54. The first-order valence-corrected chi connectivity index (χ1v) is 5.54. The minimum Gasteiger partial charge on any atom is -0.378 e. The van der Waals surface area contributed by atoms with Crippen molar-refractivity contribution in [3.63, 3.8) is 0 Å². The lowest BCUT2D eigenvalue weighted by molar-refractivity contribution is -0.0316. The van der Waals surface area contributed by atoms with Gasteiger partial charge in [-0.15, -0.1) is 0 Å². The first kappa shape index (κ1) is 12.8. The second-order valence-electron chi connectivity index (χ2n) is 3.82. The fourth-order valence-corrected chi connectivity index (χ4v) is 1.74. The molecule has 1 heterocycles.